The summed E-state index contributed by atoms with van der Waals surface area (Å²) in [5, 5.41) is 12.5. The zero-order valence-corrected chi connectivity index (χ0v) is 16.7. The van der Waals surface area contributed by atoms with Crippen molar-refractivity contribution in [3.63, 3.8) is 0 Å². The number of benzene rings is 2. The van der Waals surface area contributed by atoms with Crippen LogP contribution in [0.4, 0.5) is 0 Å². The van der Waals surface area contributed by atoms with E-state index in [9.17, 15) is 14.7 Å². The molecule has 0 aromatic heterocycles. The highest BCUT2D eigenvalue weighted by molar-refractivity contribution is 6.04. The fourth-order valence-corrected chi connectivity index (χ4v) is 4.03. The molecule has 1 atom stereocenters. The van der Waals surface area contributed by atoms with Gasteiger partial charge in [0, 0.05) is 5.92 Å². The van der Waals surface area contributed by atoms with E-state index in [2.05, 4.69) is 24.0 Å². The molecule has 1 aliphatic rings. The molecule has 0 heterocycles. The molecule has 0 spiro atoms. The number of esters is 1. The van der Waals surface area contributed by atoms with Crippen LogP contribution < -0.4 is 5.32 Å². The van der Waals surface area contributed by atoms with Crippen LogP contribution >= 0.6 is 0 Å². The fourth-order valence-electron chi connectivity index (χ4n) is 4.03. The third kappa shape index (κ3) is 3.96. The lowest BCUT2D eigenvalue weighted by Crippen LogP contribution is -2.57. The van der Waals surface area contributed by atoms with E-state index < -0.39 is 17.5 Å². The number of carbonyl (C=O) groups excluding carboxylic acids is 1. The summed E-state index contributed by atoms with van der Waals surface area (Å²) in [6.07, 6.45) is 4.10. The first-order valence-electron chi connectivity index (χ1n) is 9.94. The molecule has 29 heavy (non-hydrogen) atoms. The van der Waals surface area contributed by atoms with Crippen LogP contribution in [0.25, 0.3) is 11.1 Å². The van der Waals surface area contributed by atoms with Gasteiger partial charge in [-0.05, 0) is 48.6 Å². The smallest absolute Gasteiger partial charge is 0.338 e. The van der Waals surface area contributed by atoms with Gasteiger partial charge in [-0.25, -0.2) is 9.59 Å². The van der Waals surface area contributed by atoms with Gasteiger partial charge < -0.3 is 9.84 Å². The number of hydrogen-bond acceptors (Lipinski definition) is 4. The van der Waals surface area contributed by atoms with Crippen LogP contribution in [-0.2, 0) is 14.3 Å². The highest BCUT2D eigenvalue weighted by Crippen LogP contribution is 2.44. The number of carboxylic acid groups (broad SMARTS) is 1. The third-order valence-electron chi connectivity index (χ3n) is 5.69. The number of allylic oxidation sites excluding steroid dienone is 1. The summed E-state index contributed by atoms with van der Waals surface area (Å²) in [6, 6.07) is 16.1. The Morgan fingerprint density at radius 3 is 2.21 bits per heavy atom. The summed E-state index contributed by atoms with van der Waals surface area (Å²) in [6.45, 7) is 3.78. The molecule has 5 nitrogen and oxygen atoms in total. The molecule has 0 unspecified atom stereocenters. The number of ether oxygens (including phenoxy) is 1. The largest absolute Gasteiger partial charge is 0.479 e. The molecule has 0 radical (unpaired) electrons. The summed E-state index contributed by atoms with van der Waals surface area (Å²) >= 11 is 0. The minimum atomic E-state index is -1.74. The van der Waals surface area contributed by atoms with E-state index in [4.69, 9.17) is 4.74 Å². The monoisotopic (exact) mass is 393 g/mol. The standard InChI is InChI=1S/C24H27NO4/c1-3-4-5-10-15-24(25-2,22(26)27)23(28)29-16-21-19-13-8-6-11-17(19)18-12-7-9-14-20(18)21/h3,6-9,11-14,21,25H,1,4-5,10,15-16H2,2H3,(H,26,27)/t24-/m1/s1. The molecule has 0 amide bonds. The van der Waals surface area contributed by atoms with Crippen LogP contribution in [0, 0.1) is 0 Å². The molecule has 3 rings (SSSR count). The molecule has 1 aliphatic carbocycles. The van der Waals surface area contributed by atoms with E-state index in [0.717, 1.165) is 35.1 Å². The summed E-state index contributed by atoms with van der Waals surface area (Å²) in [5.74, 6) is -2.06. The Hall–Kier alpha value is -2.92. The average molecular weight is 393 g/mol. The molecule has 5 heteroatoms. The van der Waals surface area contributed by atoms with E-state index in [1.165, 1.54) is 7.05 Å². The van der Waals surface area contributed by atoms with Crippen molar-refractivity contribution in [3.05, 3.63) is 72.3 Å². The Labute approximate surface area is 171 Å². The molecule has 152 valence electrons. The van der Waals surface area contributed by atoms with Crippen LogP contribution in [0.3, 0.4) is 0 Å². The Morgan fingerprint density at radius 2 is 1.69 bits per heavy atom. The minimum absolute atomic E-state index is 0.101. The van der Waals surface area contributed by atoms with Crippen molar-refractivity contribution in [1.29, 1.82) is 0 Å². The van der Waals surface area contributed by atoms with E-state index in [1.807, 2.05) is 36.4 Å². The number of carbonyl (C=O) groups is 2. The van der Waals surface area contributed by atoms with Crippen LogP contribution in [0.1, 0.15) is 42.7 Å². The Bertz CT molecular complexity index is 862. The van der Waals surface area contributed by atoms with Gasteiger partial charge in [0.15, 0.2) is 0 Å². The van der Waals surface area contributed by atoms with Crippen molar-refractivity contribution < 1.29 is 19.4 Å². The number of carboxylic acids is 1. The zero-order chi connectivity index (χ0) is 20.9. The van der Waals surface area contributed by atoms with Crippen molar-refractivity contribution in [2.45, 2.75) is 37.1 Å². The first-order valence-corrected chi connectivity index (χ1v) is 9.94. The van der Waals surface area contributed by atoms with Crippen LogP contribution in [0.5, 0.6) is 0 Å². The number of fused-ring (bicyclic) bond motifs is 3. The maximum absolute atomic E-state index is 12.9. The van der Waals surface area contributed by atoms with Crippen LogP contribution in [0.15, 0.2) is 61.2 Å². The first kappa shape index (κ1) is 20.8. The fraction of sp³-hybridized carbons (Fsp3) is 0.333. The number of aliphatic carboxylic acids is 1. The van der Waals surface area contributed by atoms with Crippen LogP contribution in [-0.4, -0.2) is 36.2 Å². The Balaban J connectivity index is 1.78. The topological polar surface area (TPSA) is 75.6 Å². The number of nitrogens with one attached hydrogen (secondary N) is 1. The van der Waals surface area contributed by atoms with Gasteiger partial charge in [0.1, 0.15) is 6.61 Å². The van der Waals surface area contributed by atoms with Gasteiger partial charge in [-0.1, -0.05) is 61.0 Å². The number of unbranched alkanes of at least 4 members (excludes halogenated alkanes) is 2. The van der Waals surface area contributed by atoms with Crippen molar-refractivity contribution in [2.24, 2.45) is 0 Å². The van der Waals surface area contributed by atoms with E-state index in [-0.39, 0.29) is 18.9 Å². The van der Waals surface area contributed by atoms with E-state index in [0.29, 0.717) is 6.42 Å². The highest BCUT2D eigenvalue weighted by atomic mass is 16.5. The lowest BCUT2D eigenvalue weighted by Gasteiger charge is -2.27. The molecule has 0 bridgehead atoms. The van der Waals surface area contributed by atoms with Crippen molar-refractivity contribution in [1.82, 2.24) is 5.32 Å². The molecule has 0 saturated carbocycles. The Morgan fingerprint density at radius 1 is 1.10 bits per heavy atom. The second-order valence-electron chi connectivity index (χ2n) is 7.32. The van der Waals surface area contributed by atoms with Crippen molar-refractivity contribution >= 4 is 11.9 Å². The normalized spacial score (nSPS) is 14.5. The van der Waals surface area contributed by atoms with Gasteiger partial charge in [-0.3, -0.25) is 5.32 Å². The van der Waals surface area contributed by atoms with E-state index in [1.54, 1.807) is 6.08 Å². The Kier molecular flexibility index (Phi) is 6.49. The minimum Gasteiger partial charge on any atom is -0.479 e. The molecule has 2 aromatic carbocycles. The molecule has 2 N–H and O–H groups in total. The number of rotatable bonds is 10. The summed E-state index contributed by atoms with van der Waals surface area (Å²) in [5.41, 5.74) is 2.72. The second-order valence-corrected chi connectivity index (χ2v) is 7.32. The highest BCUT2D eigenvalue weighted by Gasteiger charge is 2.46. The summed E-state index contributed by atoms with van der Waals surface area (Å²) < 4.78 is 5.61. The van der Waals surface area contributed by atoms with Crippen molar-refractivity contribution in [2.75, 3.05) is 13.7 Å². The first-order chi connectivity index (χ1) is 14.0. The summed E-state index contributed by atoms with van der Waals surface area (Å²) in [4.78, 5) is 24.9. The molecular weight excluding hydrogens is 366 g/mol. The van der Waals surface area contributed by atoms with Crippen LogP contribution in [0.2, 0.25) is 0 Å². The van der Waals surface area contributed by atoms with Crippen molar-refractivity contribution in [3.8, 4) is 11.1 Å². The number of hydrogen-bond donors (Lipinski definition) is 2. The second kappa shape index (κ2) is 9.05. The average Bonchev–Trinajstić information content (AvgIpc) is 3.06. The predicted molar refractivity (Wildman–Crippen MR) is 113 cm³/mol. The molecule has 0 aliphatic heterocycles. The van der Waals surface area contributed by atoms with E-state index >= 15 is 0 Å². The van der Waals surface area contributed by atoms with Gasteiger partial charge in [-0.15, -0.1) is 6.58 Å². The third-order valence-corrected chi connectivity index (χ3v) is 5.69. The van der Waals surface area contributed by atoms with Gasteiger partial charge in [0.25, 0.3) is 0 Å². The predicted octanol–water partition coefficient (Wildman–Crippen LogP) is 4.13. The quantitative estimate of drug-likeness (QED) is 0.275. The van der Waals surface area contributed by atoms with Gasteiger partial charge in [0.2, 0.25) is 5.54 Å². The maximum Gasteiger partial charge on any atom is 0.338 e. The SMILES string of the molecule is C=CCCCC[C@@](NC)(C(=O)O)C(=O)OCC1c2ccccc2-c2ccccc21. The van der Waals surface area contributed by atoms with Gasteiger partial charge in [0.05, 0.1) is 0 Å². The lowest BCUT2D eigenvalue weighted by molar-refractivity contribution is -0.163. The number of likely N-dealkylation sites (N-methyl/N-ethyl adjacent to an activating group) is 1. The lowest BCUT2D eigenvalue weighted by atomic mass is 9.92. The summed E-state index contributed by atoms with van der Waals surface area (Å²) in [7, 11) is 1.49. The van der Waals surface area contributed by atoms with Gasteiger partial charge >= 0.3 is 11.9 Å². The molecule has 2 aromatic rings. The maximum atomic E-state index is 12.9. The molecule has 0 fully saturated rings. The molecule has 0 saturated heterocycles. The zero-order valence-electron chi connectivity index (χ0n) is 16.7. The van der Waals surface area contributed by atoms with Gasteiger partial charge in [-0.2, -0.15) is 0 Å². The molecular formula is C24H27NO4.